The van der Waals surface area contributed by atoms with Gasteiger partial charge in [-0.05, 0) is 62.7 Å². The lowest BCUT2D eigenvalue weighted by molar-refractivity contribution is -0.136. The van der Waals surface area contributed by atoms with Gasteiger partial charge in [0.1, 0.15) is 0 Å². The molecule has 4 N–H and O–H groups in total. The van der Waals surface area contributed by atoms with Gasteiger partial charge in [0.15, 0.2) is 0 Å². The first kappa shape index (κ1) is 16.5. The molecule has 1 aromatic rings. The zero-order chi connectivity index (χ0) is 17.9. The van der Waals surface area contributed by atoms with E-state index in [-0.39, 0.29) is 17.9 Å². The molecule has 5 aliphatic rings. The third kappa shape index (κ3) is 2.70. The molecule has 5 saturated carbocycles. The maximum absolute atomic E-state index is 13.1. The molecule has 4 bridgehead atoms. The summed E-state index contributed by atoms with van der Waals surface area (Å²) < 4.78 is 0. The molecule has 26 heavy (non-hydrogen) atoms. The lowest BCUT2D eigenvalue weighted by Crippen LogP contribution is -2.61. The van der Waals surface area contributed by atoms with Crippen LogP contribution in [0.15, 0.2) is 6.20 Å². The number of hydrogen-bond acceptors (Lipinski definition) is 5. The average Bonchev–Trinajstić information content (AvgIpc) is 3.11. The van der Waals surface area contributed by atoms with E-state index in [1.54, 1.807) is 6.20 Å². The van der Waals surface area contributed by atoms with Crippen LogP contribution in [0.4, 0.5) is 5.95 Å². The summed E-state index contributed by atoms with van der Waals surface area (Å²) in [6.45, 7) is 0. The van der Waals surface area contributed by atoms with Crippen molar-refractivity contribution in [2.24, 2.45) is 17.8 Å². The molecule has 2 unspecified atom stereocenters. The van der Waals surface area contributed by atoms with E-state index in [0.717, 1.165) is 50.6 Å². The first-order valence-electron chi connectivity index (χ1n) is 10.2. The summed E-state index contributed by atoms with van der Waals surface area (Å²) >= 11 is 0. The lowest BCUT2D eigenvalue weighted by Gasteiger charge is -2.58. The Kier molecular flexibility index (Phi) is 3.75. The monoisotopic (exact) mass is 356 g/mol. The quantitative estimate of drug-likeness (QED) is 0.772. The summed E-state index contributed by atoms with van der Waals surface area (Å²) in [5, 5.41) is 14.1. The molecule has 0 saturated heterocycles. The van der Waals surface area contributed by atoms with E-state index in [1.807, 2.05) is 0 Å². The second kappa shape index (κ2) is 5.91. The van der Waals surface area contributed by atoms with E-state index < -0.39 is 5.60 Å². The Hall–Kier alpha value is -1.69. The molecule has 140 valence electrons. The Labute approximate surface area is 154 Å². The summed E-state index contributed by atoms with van der Waals surface area (Å²) in [5.74, 6) is 1.95. The lowest BCUT2D eigenvalue weighted by atomic mass is 9.52. The van der Waals surface area contributed by atoms with Crippen molar-refractivity contribution in [3.8, 4) is 0 Å². The van der Waals surface area contributed by atoms with Crippen LogP contribution in [0.1, 0.15) is 79.8 Å². The summed E-state index contributed by atoms with van der Waals surface area (Å²) in [6, 6.07) is 0.174. The highest BCUT2D eigenvalue weighted by Gasteiger charge is 2.55. The molecule has 1 aromatic heterocycles. The third-order valence-electron chi connectivity index (χ3n) is 7.36. The van der Waals surface area contributed by atoms with Crippen molar-refractivity contribution < 1.29 is 9.90 Å². The van der Waals surface area contributed by atoms with Crippen molar-refractivity contribution in [2.75, 3.05) is 5.73 Å². The van der Waals surface area contributed by atoms with E-state index in [2.05, 4.69) is 15.3 Å². The molecule has 6 heteroatoms. The van der Waals surface area contributed by atoms with Crippen molar-refractivity contribution in [3.05, 3.63) is 17.5 Å². The summed E-state index contributed by atoms with van der Waals surface area (Å²) in [4.78, 5) is 21.6. The Balaban J connectivity index is 1.38. The van der Waals surface area contributed by atoms with Crippen LogP contribution < -0.4 is 11.1 Å². The largest absolute Gasteiger partial charge is 0.390 e. The SMILES string of the molecule is Nc1ncc(C(=O)N[C@H]2C3CC4CC2C[C@@](O)(C4)C3)c(C2CCCC2)n1. The Morgan fingerprint density at radius 3 is 2.54 bits per heavy atom. The van der Waals surface area contributed by atoms with E-state index in [0.29, 0.717) is 29.2 Å². The van der Waals surface area contributed by atoms with Crippen LogP contribution in [0.25, 0.3) is 0 Å². The molecule has 0 spiro atoms. The highest BCUT2D eigenvalue weighted by Crippen LogP contribution is 2.55. The highest BCUT2D eigenvalue weighted by molar-refractivity contribution is 5.95. The molecule has 5 fully saturated rings. The first-order valence-corrected chi connectivity index (χ1v) is 10.2. The molecule has 6 nitrogen and oxygen atoms in total. The number of nitrogens with two attached hydrogens (primary N) is 1. The number of aromatic nitrogens is 2. The van der Waals surface area contributed by atoms with Gasteiger partial charge in [-0.25, -0.2) is 9.97 Å². The fourth-order valence-corrected chi connectivity index (χ4v) is 6.54. The standard InChI is InChI=1S/C20H28N4O2/c21-19-22-10-15(17(24-19)12-3-1-2-4-12)18(25)23-16-13-5-11-6-14(16)9-20(26,7-11)8-13/h10-14,16,26H,1-9H2,(H,23,25)(H2,21,22,24)/t11?,13?,14?,16-,20+. The highest BCUT2D eigenvalue weighted by atomic mass is 16.3. The minimum Gasteiger partial charge on any atom is -0.390 e. The van der Waals surface area contributed by atoms with Crippen LogP contribution >= 0.6 is 0 Å². The number of nitrogens with zero attached hydrogens (tertiary/aromatic N) is 2. The molecule has 0 aromatic carbocycles. The van der Waals surface area contributed by atoms with Crippen molar-refractivity contribution in [3.63, 3.8) is 0 Å². The molecule has 1 heterocycles. The van der Waals surface area contributed by atoms with Crippen LogP contribution in [0.5, 0.6) is 0 Å². The smallest absolute Gasteiger partial charge is 0.254 e. The molecule has 5 aliphatic carbocycles. The molecular formula is C20H28N4O2. The second-order valence-corrected chi connectivity index (χ2v) is 9.20. The zero-order valence-electron chi connectivity index (χ0n) is 15.2. The number of nitrogens with one attached hydrogen (secondary N) is 1. The van der Waals surface area contributed by atoms with Crippen molar-refractivity contribution in [2.45, 2.75) is 75.3 Å². The Bertz CT molecular complexity index is 715. The predicted molar refractivity (Wildman–Crippen MR) is 97.4 cm³/mol. The summed E-state index contributed by atoms with van der Waals surface area (Å²) in [5.41, 5.74) is 6.76. The third-order valence-corrected chi connectivity index (χ3v) is 7.36. The van der Waals surface area contributed by atoms with Crippen LogP contribution in [0.3, 0.4) is 0 Å². The summed E-state index contributed by atoms with van der Waals surface area (Å²) in [6.07, 6.45) is 11.0. The summed E-state index contributed by atoms with van der Waals surface area (Å²) in [7, 11) is 0. The van der Waals surface area contributed by atoms with Gasteiger partial charge in [-0.2, -0.15) is 0 Å². The van der Waals surface area contributed by atoms with E-state index >= 15 is 0 Å². The Morgan fingerprint density at radius 2 is 1.88 bits per heavy atom. The van der Waals surface area contributed by atoms with Crippen LogP contribution in [-0.4, -0.2) is 32.6 Å². The van der Waals surface area contributed by atoms with Gasteiger partial charge in [-0.15, -0.1) is 0 Å². The number of amides is 1. The molecule has 2 atom stereocenters. The van der Waals surface area contributed by atoms with Crippen LogP contribution in [0, 0.1) is 17.8 Å². The van der Waals surface area contributed by atoms with Gasteiger partial charge < -0.3 is 16.2 Å². The fraction of sp³-hybridized carbons (Fsp3) is 0.750. The molecular weight excluding hydrogens is 328 g/mol. The van der Waals surface area contributed by atoms with Gasteiger partial charge in [0, 0.05) is 18.2 Å². The van der Waals surface area contributed by atoms with Gasteiger partial charge in [-0.1, -0.05) is 12.8 Å². The van der Waals surface area contributed by atoms with Gasteiger partial charge in [0.25, 0.3) is 5.91 Å². The predicted octanol–water partition coefficient (Wildman–Crippen LogP) is 2.39. The van der Waals surface area contributed by atoms with E-state index in [4.69, 9.17) is 5.73 Å². The van der Waals surface area contributed by atoms with Gasteiger partial charge in [0.2, 0.25) is 5.95 Å². The normalized spacial score (nSPS) is 38.7. The van der Waals surface area contributed by atoms with Gasteiger partial charge in [0.05, 0.1) is 16.9 Å². The minimum absolute atomic E-state index is 0.0589. The van der Waals surface area contributed by atoms with Gasteiger partial charge in [-0.3, -0.25) is 4.79 Å². The number of nitrogen functional groups attached to an aromatic ring is 1. The number of hydrogen-bond donors (Lipinski definition) is 3. The van der Waals surface area contributed by atoms with Crippen molar-refractivity contribution in [1.82, 2.24) is 15.3 Å². The molecule has 1 amide bonds. The topological polar surface area (TPSA) is 101 Å². The van der Waals surface area contributed by atoms with E-state index in [9.17, 15) is 9.90 Å². The molecule has 6 rings (SSSR count). The van der Waals surface area contributed by atoms with Crippen LogP contribution in [-0.2, 0) is 0 Å². The maximum atomic E-state index is 13.1. The zero-order valence-corrected chi connectivity index (χ0v) is 15.2. The number of carbonyl (C=O) groups excluding carboxylic acids is 1. The average molecular weight is 356 g/mol. The number of rotatable bonds is 3. The minimum atomic E-state index is -0.475. The number of anilines is 1. The Morgan fingerprint density at radius 1 is 1.19 bits per heavy atom. The maximum Gasteiger partial charge on any atom is 0.254 e. The van der Waals surface area contributed by atoms with Crippen molar-refractivity contribution >= 4 is 11.9 Å². The first-order chi connectivity index (χ1) is 12.5. The van der Waals surface area contributed by atoms with Crippen LogP contribution in [0.2, 0.25) is 0 Å². The molecule has 0 radical (unpaired) electrons. The van der Waals surface area contributed by atoms with Crippen molar-refractivity contribution in [1.29, 1.82) is 0 Å². The molecule has 0 aliphatic heterocycles. The number of carbonyl (C=O) groups is 1. The fourth-order valence-electron chi connectivity index (χ4n) is 6.54. The van der Waals surface area contributed by atoms with E-state index in [1.165, 1.54) is 12.8 Å². The van der Waals surface area contributed by atoms with Gasteiger partial charge >= 0.3 is 0 Å². The second-order valence-electron chi connectivity index (χ2n) is 9.20. The number of aliphatic hydroxyl groups is 1.